The molecule has 1 aromatic carbocycles. The summed E-state index contributed by atoms with van der Waals surface area (Å²) in [6.07, 6.45) is 1.93. The monoisotopic (exact) mass is 582 g/mol. The Hall–Kier alpha value is -3.05. The van der Waals surface area contributed by atoms with Gasteiger partial charge >= 0.3 is 0 Å². The summed E-state index contributed by atoms with van der Waals surface area (Å²) in [5.74, 6) is -0.976. The number of carbonyl (C=O) groups is 2. The van der Waals surface area contributed by atoms with Gasteiger partial charge in [-0.2, -0.15) is 0 Å². The van der Waals surface area contributed by atoms with Crippen molar-refractivity contribution in [1.82, 2.24) is 15.6 Å². The molecular formula is C28H34ClF3N4O4. The van der Waals surface area contributed by atoms with Gasteiger partial charge in [-0.15, -0.1) is 0 Å². The SMILES string of the molecule is CC(C)(Oc1cc(F)c(C(C)(C)O)cc1Cl)C(=O)NC1CC2CCC(C1)N2c1ccc(C(=O)NCC(F)F)cn1. The molecule has 2 amide bonds. The van der Waals surface area contributed by atoms with Crippen LogP contribution in [0, 0.1) is 5.82 Å². The van der Waals surface area contributed by atoms with E-state index < -0.39 is 35.9 Å². The van der Waals surface area contributed by atoms with Gasteiger partial charge in [0.25, 0.3) is 18.2 Å². The largest absolute Gasteiger partial charge is 0.476 e. The van der Waals surface area contributed by atoms with Gasteiger partial charge in [0.2, 0.25) is 0 Å². The minimum absolute atomic E-state index is 0.000357. The minimum Gasteiger partial charge on any atom is -0.476 e. The first kappa shape index (κ1) is 29.9. The molecule has 4 rings (SSSR count). The first-order chi connectivity index (χ1) is 18.7. The summed E-state index contributed by atoms with van der Waals surface area (Å²) in [4.78, 5) is 31.8. The van der Waals surface area contributed by atoms with Gasteiger partial charge in [-0.25, -0.2) is 18.2 Å². The van der Waals surface area contributed by atoms with E-state index in [0.717, 1.165) is 18.9 Å². The molecule has 8 nitrogen and oxygen atoms in total. The van der Waals surface area contributed by atoms with Gasteiger partial charge in [0.15, 0.2) is 5.60 Å². The maximum Gasteiger partial charge on any atom is 0.263 e. The number of rotatable bonds is 9. The highest BCUT2D eigenvalue weighted by Crippen LogP contribution is 2.39. The second-order valence-electron chi connectivity index (χ2n) is 11.4. The molecule has 2 bridgehead atoms. The van der Waals surface area contributed by atoms with E-state index in [-0.39, 0.29) is 45.9 Å². The number of aromatic nitrogens is 1. The van der Waals surface area contributed by atoms with Gasteiger partial charge in [0.05, 0.1) is 22.7 Å². The molecule has 0 spiro atoms. The number of aliphatic hydroxyl groups is 1. The highest BCUT2D eigenvalue weighted by molar-refractivity contribution is 6.32. The summed E-state index contributed by atoms with van der Waals surface area (Å²) in [6, 6.07) is 5.78. The number of hydrogen-bond donors (Lipinski definition) is 3. The molecule has 0 aliphatic carbocycles. The van der Waals surface area contributed by atoms with Crippen molar-refractivity contribution in [2.45, 2.75) is 89.1 Å². The van der Waals surface area contributed by atoms with Crippen LogP contribution in [0.3, 0.4) is 0 Å². The number of carbonyl (C=O) groups excluding carboxylic acids is 2. The third kappa shape index (κ3) is 6.63. The fraction of sp³-hybridized carbons (Fsp3) is 0.536. The number of halogens is 4. The number of nitrogens with zero attached hydrogens (tertiary/aromatic N) is 2. The Morgan fingerprint density at radius 3 is 2.38 bits per heavy atom. The predicted octanol–water partition coefficient (Wildman–Crippen LogP) is 4.57. The standard InChI is InChI=1S/C28H34ClF3N4O4/c1-27(2,39)19-11-20(29)22(12-21(19)30)40-28(3,4)26(38)35-16-9-17-6-7-18(10-16)36(17)24-8-5-15(13-33-24)25(37)34-14-23(31)32/h5,8,11-13,16-18,23,39H,6-7,9-10,14H2,1-4H3,(H,34,37)(H,35,38). The Balaban J connectivity index is 1.38. The number of ether oxygens (including phenoxy) is 1. The molecule has 2 fully saturated rings. The molecular weight excluding hydrogens is 549 g/mol. The van der Waals surface area contributed by atoms with E-state index in [1.165, 1.54) is 26.1 Å². The van der Waals surface area contributed by atoms with Crippen LogP contribution in [0.5, 0.6) is 5.75 Å². The van der Waals surface area contributed by atoms with Crippen LogP contribution in [0.15, 0.2) is 30.5 Å². The zero-order valence-corrected chi connectivity index (χ0v) is 23.6. The van der Waals surface area contributed by atoms with Gasteiger partial charge < -0.3 is 25.4 Å². The molecule has 2 aliphatic heterocycles. The Bertz CT molecular complexity index is 1240. The number of amides is 2. The Morgan fingerprint density at radius 2 is 1.82 bits per heavy atom. The highest BCUT2D eigenvalue weighted by atomic mass is 35.5. The van der Waals surface area contributed by atoms with E-state index in [1.54, 1.807) is 26.0 Å². The first-order valence-electron chi connectivity index (χ1n) is 13.2. The average Bonchev–Trinajstić information content (AvgIpc) is 3.13. The molecule has 2 unspecified atom stereocenters. The zero-order chi connectivity index (χ0) is 29.4. The zero-order valence-electron chi connectivity index (χ0n) is 22.8. The van der Waals surface area contributed by atoms with E-state index in [2.05, 4.69) is 20.5 Å². The van der Waals surface area contributed by atoms with Crippen LogP contribution in [-0.4, -0.2) is 58.6 Å². The molecule has 1 aromatic heterocycles. The van der Waals surface area contributed by atoms with Crippen molar-refractivity contribution in [2.75, 3.05) is 11.4 Å². The van der Waals surface area contributed by atoms with Gasteiger partial charge in [-0.1, -0.05) is 11.6 Å². The lowest BCUT2D eigenvalue weighted by Crippen LogP contribution is -2.55. The van der Waals surface area contributed by atoms with Crippen LogP contribution >= 0.6 is 11.6 Å². The summed E-state index contributed by atoms with van der Waals surface area (Å²) in [5.41, 5.74) is -2.56. The lowest BCUT2D eigenvalue weighted by Gasteiger charge is -2.41. The fourth-order valence-corrected chi connectivity index (χ4v) is 5.57. The van der Waals surface area contributed by atoms with Gasteiger partial charge in [0, 0.05) is 36.0 Å². The van der Waals surface area contributed by atoms with Crippen molar-refractivity contribution in [3.8, 4) is 5.75 Å². The molecule has 3 N–H and O–H groups in total. The number of fused-ring (bicyclic) bond motifs is 2. The number of alkyl halides is 2. The molecule has 218 valence electrons. The Kier molecular flexibility index (Phi) is 8.56. The third-order valence-corrected chi connectivity index (χ3v) is 7.65. The minimum atomic E-state index is -2.63. The number of benzene rings is 1. The summed E-state index contributed by atoms with van der Waals surface area (Å²) < 4.78 is 45.2. The molecule has 2 aliphatic rings. The Labute approximate surface area is 236 Å². The molecule has 2 atom stereocenters. The van der Waals surface area contributed by atoms with Gasteiger partial charge in [0.1, 0.15) is 17.4 Å². The van der Waals surface area contributed by atoms with Crippen LogP contribution in [0.1, 0.15) is 69.3 Å². The molecule has 0 saturated carbocycles. The van der Waals surface area contributed by atoms with E-state index in [4.69, 9.17) is 16.3 Å². The number of nitrogens with one attached hydrogen (secondary N) is 2. The molecule has 0 radical (unpaired) electrons. The maximum atomic E-state index is 14.6. The maximum absolute atomic E-state index is 14.6. The van der Waals surface area contributed by atoms with Crippen molar-refractivity contribution >= 4 is 29.2 Å². The van der Waals surface area contributed by atoms with E-state index in [1.807, 2.05) is 0 Å². The van der Waals surface area contributed by atoms with Crippen LogP contribution in [-0.2, 0) is 10.4 Å². The lowest BCUT2D eigenvalue weighted by molar-refractivity contribution is -0.135. The van der Waals surface area contributed by atoms with Crippen LogP contribution in [0.4, 0.5) is 19.0 Å². The quantitative estimate of drug-likeness (QED) is 0.400. The van der Waals surface area contributed by atoms with Gasteiger partial charge in [-0.3, -0.25) is 9.59 Å². The van der Waals surface area contributed by atoms with E-state index in [9.17, 15) is 27.9 Å². The fourth-order valence-electron chi connectivity index (χ4n) is 5.37. The molecule has 2 aromatic rings. The van der Waals surface area contributed by atoms with Gasteiger partial charge in [-0.05, 0) is 71.6 Å². The van der Waals surface area contributed by atoms with Crippen LogP contribution in [0.25, 0.3) is 0 Å². The first-order valence-corrected chi connectivity index (χ1v) is 13.6. The van der Waals surface area contributed by atoms with Crippen LogP contribution < -0.4 is 20.3 Å². The molecule has 2 saturated heterocycles. The molecule has 40 heavy (non-hydrogen) atoms. The van der Waals surface area contributed by atoms with E-state index >= 15 is 0 Å². The van der Waals surface area contributed by atoms with E-state index in [0.29, 0.717) is 18.7 Å². The Morgan fingerprint density at radius 1 is 1.18 bits per heavy atom. The average molecular weight is 583 g/mol. The second kappa shape index (κ2) is 11.4. The van der Waals surface area contributed by atoms with Crippen molar-refractivity contribution in [1.29, 1.82) is 0 Å². The third-order valence-electron chi connectivity index (χ3n) is 7.35. The second-order valence-corrected chi connectivity index (χ2v) is 11.8. The summed E-state index contributed by atoms with van der Waals surface area (Å²) >= 11 is 6.29. The van der Waals surface area contributed by atoms with Crippen molar-refractivity contribution in [3.05, 3.63) is 52.4 Å². The number of anilines is 1. The number of piperidine rings is 1. The number of hydrogen-bond acceptors (Lipinski definition) is 6. The van der Waals surface area contributed by atoms with Crippen molar-refractivity contribution < 1.29 is 32.6 Å². The molecule has 3 heterocycles. The number of pyridine rings is 1. The highest BCUT2D eigenvalue weighted by Gasteiger charge is 2.43. The topological polar surface area (TPSA) is 104 Å². The smallest absolute Gasteiger partial charge is 0.263 e. The summed E-state index contributed by atoms with van der Waals surface area (Å²) in [5, 5.41) is 15.5. The normalized spacial score (nSPS) is 20.9. The summed E-state index contributed by atoms with van der Waals surface area (Å²) in [6.45, 7) is 5.33. The van der Waals surface area contributed by atoms with Crippen molar-refractivity contribution in [3.63, 3.8) is 0 Å². The predicted molar refractivity (Wildman–Crippen MR) is 144 cm³/mol. The molecule has 12 heteroatoms. The van der Waals surface area contributed by atoms with Crippen LogP contribution in [0.2, 0.25) is 5.02 Å². The lowest BCUT2D eigenvalue weighted by atomic mass is 9.96. The summed E-state index contributed by atoms with van der Waals surface area (Å²) in [7, 11) is 0. The van der Waals surface area contributed by atoms with Crippen molar-refractivity contribution in [2.24, 2.45) is 0 Å².